The molecule has 0 aliphatic heterocycles. The minimum Gasteiger partial charge on any atom is -0.497 e. The predicted octanol–water partition coefficient (Wildman–Crippen LogP) is 6.97. The van der Waals surface area contributed by atoms with E-state index in [2.05, 4.69) is 30.5 Å². The largest absolute Gasteiger partial charge is 0.497 e. The van der Waals surface area contributed by atoms with Gasteiger partial charge in [-0.05, 0) is 47.5 Å². The molecule has 9 heteroatoms. The molecular formula is C31H27FN6O2. The summed E-state index contributed by atoms with van der Waals surface area (Å²) < 4.78 is 19.6. The first-order chi connectivity index (χ1) is 19.2. The van der Waals surface area contributed by atoms with Crippen LogP contribution >= 0.6 is 0 Å². The maximum Gasteiger partial charge on any atom is 0.229 e. The SMILES string of the molecule is COc1cc(F)cc(-c2cccc3[nH]c(-c4n[nH]c5ncc(-c6cncc(NC(=O)C(C)(C)C)c6)cc45)cc23)c1. The van der Waals surface area contributed by atoms with E-state index in [4.69, 9.17) is 4.74 Å². The van der Waals surface area contributed by atoms with Crippen LogP contribution in [0.5, 0.6) is 5.75 Å². The molecule has 0 aliphatic rings. The van der Waals surface area contributed by atoms with Crippen LogP contribution in [0.2, 0.25) is 0 Å². The number of nitrogens with zero attached hydrogens (tertiary/aromatic N) is 3. The van der Waals surface area contributed by atoms with Crippen molar-refractivity contribution in [2.75, 3.05) is 12.4 Å². The molecule has 4 heterocycles. The van der Waals surface area contributed by atoms with E-state index >= 15 is 0 Å². The fraction of sp³-hybridized carbons (Fsp3) is 0.161. The summed E-state index contributed by atoms with van der Waals surface area (Å²) in [5.41, 5.74) is 6.34. The Hall–Kier alpha value is -5.05. The summed E-state index contributed by atoms with van der Waals surface area (Å²) in [5.74, 6) is -0.00116. The summed E-state index contributed by atoms with van der Waals surface area (Å²) in [5, 5.41) is 12.2. The second-order valence-corrected chi connectivity index (χ2v) is 10.7. The molecule has 4 aromatic heterocycles. The van der Waals surface area contributed by atoms with Crippen molar-refractivity contribution in [2.45, 2.75) is 20.8 Å². The summed E-state index contributed by atoms with van der Waals surface area (Å²) in [6, 6.07) is 16.4. The van der Waals surface area contributed by atoms with Crippen molar-refractivity contribution >= 4 is 33.5 Å². The van der Waals surface area contributed by atoms with Crippen LogP contribution in [0.1, 0.15) is 20.8 Å². The number of rotatable bonds is 5. The fourth-order valence-electron chi connectivity index (χ4n) is 4.62. The standard InChI is InChI=1S/C31H27FN6O2/c1-31(2,3)30(39)35-21-9-18(14-33-16-21)19-11-25-28(37-38-29(25)34-15-19)27-13-24-23(6-5-7-26(24)36-27)17-8-20(32)12-22(10-17)40-4/h5-16,36H,1-4H3,(H,35,39)(H,34,37,38). The number of carbonyl (C=O) groups excluding carboxylic acids is 1. The third-order valence-electron chi connectivity index (χ3n) is 6.76. The molecule has 200 valence electrons. The van der Waals surface area contributed by atoms with Gasteiger partial charge in [-0.2, -0.15) is 5.10 Å². The number of hydrogen-bond acceptors (Lipinski definition) is 5. The quantitative estimate of drug-likeness (QED) is 0.221. The van der Waals surface area contributed by atoms with Gasteiger partial charge in [0.15, 0.2) is 5.65 Å². The lowest BCUT2D eigenvalue weighted by molar-refractivity contribution is -0.123. The third kappa shape index (κ3) is 4.66. The highest BCUT2D eigenvalue weighted by molar-refractivity contribution is 6.01. The number of hydrogen-bond donors (Lipinski definition) is 3. The highest BCUT2D eigenvalue weighted by atomic mass is 19.1. The Kier molecular flexibility index (Phi) is 6.06. The number of halogens is 1. The minimum absolute atomic E-state index is 0.0907. The van der Waals surface area contributed by atoms with Crippen LogP contribution in [0, 0.1) is 11.2 Å². The lowest BCUT2D eigenvalue weighted by Gasteiger charge is -2.17. The molecule has 40 heavy (non-hydrogen) atoms. The van der Waals surface area contributed by atoms with Crippen molar-refractivity contribution in [1.29, 1.82) is 0 Å². The first-order valence-electron chi connectivity index (χ1n) is 12.8. The van der Waals surface area contributed by atoms with Gasteiger partial charge in [-0.25, -0.2) is 9.37 Å². The van der Waals surface area contributed by atoms with Crippen LogP contribution in [0.15, 0.2) is 73.2 Å². The van der Waals surface area contributed by atoms with Crippen molar-refractivity contribution < 1.29 is 13.9 Å². The number of benzene rings is 2. The van der Waals surface area contributed by atoms with Gasteiger partial charge in [0.05, 0.1) is 24.7 Å². The molecule has 1 amide bonds. The van der Waals surface area contributed by atoms with Crippen LogP contribution < -0.4 is 10.1 Å². The normalized spacial score (nSPS) is 11.7. The number of amides is 1. The number of aromatic amines is 2. The molecule has 6 aromatic rings. The van der Waals surface area contributed by atoms with E-state index in [-0.39, 0.29) is 11.7 Å². The number of pyridine rings is 2. The molecule has 0 atom stereocenters. The molecule has 0 unspecified atom stereocenters. The predicted molar refractivity (Wildman–Crippen MR) is 154 cm³/mol. The van der Waals surface area contributed by atoms with Gasteiger partial charge in [0, 0.05) is 51.3 Å². The molecule has 0 aliphatic carbocycles. The summed E-state index contributed by atoms with van der Waals surface area (Å²) in [4.78, 5) is 24.8. The van der Waals surface area contributed by atoms with Crippen LogP contribution in [-0.4, -0.2) is 38.2 Å². The molecule has 0 bridgehead atoms. The second-order valence-electron chi connectivity index (χ2n) is 10.7. The maximum atomic E-state index is 14.3. The van der Waals surface area contributed by atoms with Gasteiger partial charge in [-0.15, -0.1) is 0 Å². The topological polar surface area (TPSA) is 109 Å². The zero-order chi connectivity index (χ0) is 28.0. The van der Waals surface area contributed by atoms with E-state index < -0.39 is 5.41 Å². The van der Waals surface area contributed by atoms with Crippen molar-refractivity contribution in [3.8, 4) is 39.4 Å². The van der Waals surface area contributed by atoms with Crippen LogP contribution in [0.4, 0.5) is 10.1 Å². The summed E-state index contributed by atoms with van der Waals surface area (Å²) in [6.45, 7) is 5.58. The average molecular weight is 535 g/mol. The molecule has 0 saturated heterocycles. The maximum absolute atomic E-state index is 14.3. The Bertz CT molecular complexity index is 1900. The molecule has 0 spiro atoms. The van der Waals surface area contributed by atoms with Gasteiger partial charge >= 0.3 is 0 Å². The van der Waals surface area contributed by atoms with Crippen LogP contribution in [0.25, 0.3) is 55.6 Å². The first-order valence-corrected chi connectivity index (χ1v) is 12.8. The Morgan fingerprint density at radius 3 is 2.58 bits per heavy atom. The van der Waals surface area contributed by atoms with E-state index in [1.54, 1.807) is 18.6 Å². The molecule has 8 nitrogen and oxygen atoms in total. The van der Waals surface area contributed by atoms with Crippen LogP contribution in [0.3, 0.4) is 0 Å². The highest BCUT2D eigenvalue weighted by Crippen LogP contribution is 2.36. The summed E-state index contributed by atoms with van der Waals surface area (Å²) >= 11 is 0. The number of carbonyl (C=O) groups is 1. The number of methoxy groups -OCH3 is 1. The number of aromatic nitrogens is 5. The molecular weight excluding hydrogens is 507 g/mol. The van der Waals surface area contributed by atoms with Gasteiger partial charge in [0.2, 0.25) is 5.91 Å². The number of anilines is 1. The Morgan fingerprint density at radius 2 is 1.77 bits per heavy atom. The van der Waals surface area contributed by atoms with Gasteiger partial charge in [0.1, 0.15) is 17.3 Å². The molecule has 2 aromatic carbocycles. The van der Waals surface area contributed by atoms with Gasteiger partial charge < -0.3 is 15.0 Å². The van der Waals surface area contributed by atoms with E-state index in [9.17, 15) is 9.18 Å². The smallest absolute Gasteiger partial charge is 0.229 e. The average Bonchev–Trinajstić information content (AvgIpc) is 3.56. The highest BCUT2D eigenvalue weighted by Gasteiger charge is 2.21. The van der Waals surface area contributed by atoms with Crippen molar-refractivity contribution in [3.63, 3.8) is 0 Å². The van der Waals surface area contributed by atoms with Gasteiger partial charge in [0.25, 0.3) is 0 Å². The van der Waals surface area contributed by atoms with Gasteiger partial charge in [-0.3, -0.25) is 14.9 Å². The molecule has 0 fully saturated rings. The van der Waals surface area contributed by atoms with E-state index in [1.165, 1.54) is 19.2 Å². The Balaban J connectivity index is 1.40. The number of fused-ring (bicyclic) bond motifs is 2. The number of nitrogens with one attached hydrogen (secondary N) is 3. The zero-order valence-electron chi connectivity index (χ0n) is 22.5. The summed E-state index contributed by atoms with van der Waals surface area (Å²) in [7, 11) is 1.52. The Labute approximate surface area is 229 Å². The van der Waals surface area contributed by atoms with Crippen molar-refractivity contribution in [2.24, 2.45) is 5.41 Å². The third-order valence-corrected chi connectivity index (χ3v) is 6.76. The van der Waals surface area contributed by atoms with Crippen molar-refractivity contribution in [3.05, 3.63) is 79.0 Å². The molecule has 3 N–H and O–H groups in total. The summed E-state index contributed by atoms with van der Waals surface area (Å²) in [6.07, 6.45) is 5.10. The number of ether oxygens (including phenoxy) is 1. The zero-order valence-corrected chi connectivity index (χ0v) is 22.5. The molecule has 0 saturated carbocycles. The van der Waals surface area contributed by atoms with Crippen LogP contribution in [-0.2, 0) is 4.79 Å². The fourth-order valence-corrected chi connectivity index (χ4v) is 4.62. The second kappa shape index (κ2) is 9.60. The van der Waals surface area contributed by atoms with E-state index in [0.29, 0.717) is 22.8 Å². The van der Waals surface area contributed by atoms with Crippen molar-refractivity contribution in [1.82, 2.24) is 25.1 Å². The lowest BCUT2D eigenvalue weighted by Crippen LogP contribution is -2.27. The number of H-pyrrole nitrogens is 2. The van der Waals surface area contributed by atoms with E-state index in [1.807, 2.05) is 63.2 Å². The monoisotopic (exact) mass is 534 g/mol. The lowest BCUT2D eigenvalue weighted by atomic mass is 9.95. The minimum atomic E-state index is -0.525. The van der Waals surface area contributed by atoms with Gasteiger partial charge in [-0.1, -0.05) is 32.9 Å². The molecule has 0 radical (unpaired) electrons. The first kappa shape index (κ1) is 25.2. The van der Waals surface area contributed by atoms with E-state index in [0.717, 1.165) is 44.2 Å². The molecule has 6 rings (SSSR count). The Morgan fingerprint density at radius 1 is 0.950 bits per heavy atom.